The van der Waals surface area contributed by atoms with Gasteiger partial charge in [0.2, 0.25) is 0 Å². The first-order chi connectivity index (χ1) is 9.77. The van der Waals surface area contributed by atoms with Crippen LogP contribution in [0.1, 0.15) is 76.1 Å². The van der Waals surface area contributed by atoms with Crippen LogP contribution in [0, 0.1) is 25.2 Å². The number of benzene rings is 1. The Kier molecular flexibility index (Phi) is 5.14. The standard InChI is InChI=1S/C20H33N/c1-14-7-12-19(15(2)13-14)16(3)21-18-10-8-17(9-11-18)20(4,5)6/h7,12-13,16-18,21H,8-11H2,1-6H3. The summed E-state index contributed by atoms with van der Waals surface area (Å²) in [6.45, 7) is 13.9. The summed E-state index contributed by atoms with van der Waals surface area (Å²) in [5, 5.41) is 3.87. The molecule has 0 spiro atoms. The quantitative estimate of drug-likeness (QED) is 0.767. The van der Waals surface area contributed by atoms with Crippen molar-refractivity contribution in [3.63, 3.8) is 0 Å². The summed E-state index contributed by atoms with van der Waals surface area (Å²) in [5.41, 5.74) is 4.70. The molecule has 1 aromatic carbocycles. The molecule has 0 amide bonds. The molecular weight excluding hydrogens is 254 g/mol. The SMILES string of the molecule is Cc1ccc(C(C)NC2CCC(C(C)(C)C)CC2)c(C)c1. The first-order valence-corrected chi connectivity index (χ1v) is 8.60. The van der Waals surface area contributed by atoms with E-state index < -0.39 is 0 Å². The van der Waals surface area contributed by atoms with E-state index in [0.29, 0.717) is 17.5 Å². The van der Waals surface area contributed by atoms with Crippen LogP contribution in [0.4, 0.5) is 0 Å². The zero-order chi connectivity index (χ0) is 15.6. The highest BCUT2D eigenvalue weighted by molar-refractivity contribution is 5.32. The van der Waals surface area contributed by atoms with Crippen LogP contribution in [0.5, 0.6) is 0 Å². The second-order valence-corrected chi connectivity index (χ2v) is 8.16. The van der Waals surface area contributed by atoms with Gasteiger partial charge in [0, 0.05) is 12.1 Å². The molecule has 1 unspecified atom stereocenters. The van der Waals surface area contributed by atoms with Gasteiger partial charge < -0.3 is 5.32 Å². The van der Waals surface area contributed by atoms with E-state index in [1.54, 1.807) is 0 Å². The van der Waals surface area contributed by atoms with Crippen LogP contribution >= 0.6 is 0 Å². The molecule has 1 saturated carbocycles. The van der Waals surface area contributed by atoms with E-state index in [1.165, 1.54) is 42.4 Å². The Hall–Kier alpha value is -0.820. The van der Waals surface area contributed by atoms with Gasteiger partial charge in [0.15, 0.2) is 0 Å². The number of hydrogen-bond acceptors (Lipinski definition) is 1. The van der Waals surface area contributed by atoms with Crippen LogP contribution in [0.3, 0.4) is 0 Å². The normalized spacial score (nSPS) is 24.9. The van der Waals surface area contributed by atoms with Gasteiger partial charge in [-0.15, -0.1) is 0 Å². The third-order valence-electron chi connectivity index (χ3n) is 5.33. The summed E-state index contributed by atoms with van der Waals surface area (Å²) in [6, 6.07) is 7.98. The van der Waals surface area contributed by atoms with Crippen LogP contribution in [0.25, 0.3) is 0 Å². The molecule has 0 aliphatic heterocycles. The Morgan fingerprint density at radius 1 is 1.05 bits per heavy atom. The van der Waals surface area contributed by atoms with E-state index in [4.69, 9.17) is 0 Å². The van der Waals surface area contributed by atoms with Crippen LogP contribution < -0.4 is 5.32 Å². The Bertz CT molecular complexity index is 461. The Labute approximate surface area is 131 Å². The third-order valence-corrected chi connectivity index (χ3v) is 5.33. The molecule has 1 aliphatic carbocycles. The molecule has 1 heteroatoms. The molecule has 0 heterocycles. The second-order valence-electron chi connectivity index (χ2n) is 8.16. The summed E-state index contributed by atoms with van der Waals surface area (Å²) in [7, 11) is 0. The van der Waals surface area contributed by atoms with E-state index in [-0.39, 0.29) is 0 Å². The Morgan fingerprint density at radius 2 is 1.67 bits per heavy atom. The average Bonchev–Trinajstić information content (AvgIpc) is 2.38. The van der Waals surface area contributed by atoms with Gasteiger partial charge in [0.05, 0.1) is 0 Å². The van der Waals surface area contributed by atoms with E-state index >= 15 is 0 Å². The number of aryl methyl sites for hydroxylation is 2. The molecule has 1 atom stereocenters. The third kappa shape index (κ3) is 4.32. The molecule has 0 aromatic heterocycles. The van der Waals surface area contributed by atoms with Crippen molar-refractivity contribution in [3.8, 4) is 0 Å². The fourth-order valence-electron chi connectivity index (χ4n) is 3.88. The van der Waals surface area contributed by atoms with Crippen molar-refractivity contribution in [3.05, 3.63) is 34.9 Å². The second kappa shape index (κ2) is 6.52. The predicted octanol–water partition coefficient (Wildman–Crippen LogP) is 5.56. The smallest absolute Gasteiger partial charge is 0.0296 e. The van der Waals surface area contributed by atoms with Gasteiger partial charge in [0.25, 0.3) is 0 Å². The summed E-state index contributed by atoms with van der Waals surface area (Å²) in [4.78, 5) is 0. The maximum atomic E-state index is 3.87. The summed E-state index contributed by atoms with van der Waals surface area (Å²) in [6.07, 6.45) is 5.41. The average molecular weight is 287 g/mol. The van der Waals surface area contributed by atoms with Crippen molar-refractivity contribution in [1.29, 1.82) is 0 Å². The van der Waals surface area contributed by atoms with Gasteiger partial charge in [0.1, 0.15) is 0 Å². The zero-order valence-electron chi connectivity index (χ0n) is 14.8. The molecule has 1 nitrogen and oxygen atoms in total. The molecule has 0 saturated heterocycles. The van der Waals surface area contributed by atoms with Crippen molar-refractivity contribution in [1.82, 2.24) is 5.32 Å². The predicted molar refractivity (Wildman–Crippen MR) is 92.7 cm³/mol. The topological polar surface area (TPSA) is 12.0 Å². The fraction of sp³-hybridized carbons (Fsp3) is 0.700. The molecule has 1 fully saturated rings. The van der Waals surface area contributed by atoms with E-state index in [9.17, 15) is 0 Å². The van der Waals surface area contributed by atoms with Gasteiger partial charge in [-0.3, -0.25) is 0 Å². The highest BCUT2D eigenvalue weighted by Crippen LogP contribution is 2.38. The molecule has 0 radical (unpaired) electrons. The van der Waals surface area contributed by atoms with Gasteiger partial charge in [-0.25, -0.2) is 0 Å². The largest absolute Gasteiger partial charge is 0.307 e. The van der Waals surface area contributed by atoms with Crippen molar-refractivity contribution in [2.24, 2.45) is 11.3 Å². The Morgan fingerprint density at radius 3 is 2.19 bits per heavy atom. The summed E-state index contributed by atoms with van der Waals surface area (Å²) < 4.78 is 0. The van der Waals surface area contributed by atoms with Crippen molar-refractivity contribution >= 4 is 0 Å². The van der Waals surface area contributed by atoms with Gasteiger partial charge in [-0.05, 0) is 68.9 Å². The zero-order valence-corrected chi connectivity index (χ0v) is 14.8. The van der Waals surface area contributed by atoms with Crippen molar-refractivity contribution in [2.75, 3.05) is 0 Å². The number of rotatable bonds is 3. The molecule has 118 valence electrons. The number of hydrogen-bond donors (Lipinski definition) is 1. The maximum Gasteiger partial charge on any atom is 0.0296 e. The van der Waals surface area contributed by atoms with Crippen LogP contribution in [-0.2, 0) is 0 Å². The molecule has 21 heavy (non-hydrogen) atoms. The van der Waals surface area contributed by atoms with Crippen molar-refractivity contribution in [2.45, 2.75) is 79.3 Å². The minimum absolute atomic E-state index is 0.460. The van der Waals surface area contributed by atoms with Gasteiger partial charge in [-0.1, -0.05) is 44.5 Å². The molecule has 1 aromatic rings. The highest BCUT2D eigenvalue weighted by atomic mass is 14.9. The molecular formula is C20H33N. The molecule has 0 bridgehead atoms. The lowest BCUT2D eigenvalue weighted by Gasteiger charge is -2.38. The highest BCUT2D eigenvalue weighted by Gasteiger charge is 2.30. The minimum Gasteiger partial charge on any atom is -0.307 e. The van der Waals surface area contributed by atoms with Crippen LogP contribution in [0.15, 0.2) is 18.2 Å². The van der Waals surface area contributed by atoms with Gasteiger partial charge in [-0.2, -0.15) is 0 Å². The maximum absolute atomic E-state index is 3.87. The van der Waals surface area contributed by atoms with E-state index in [0.717, 1.165) is 5.92 Å². The minimum atomic E-state index is 0.460. The Balaban J connectivity index is 1.91. The van der Waals surface area contributed by atoms with Gasteiger partial charge >= 0.3 is 0 Å². The molecule has 1 N–H and O–H groups in total. The lowest BCUT2D eigenvalue weighted by molar-refractivity contribution is 0.157. The lowest BCUT2D eigenvalue weighted by Crippen LogP contribution is -2.37. The lowest BCUT2D eigenvalue weighted by atomic mass is 9.71. The van der Waals surface area contributed by atoms with Crippen molar-refractivity contribution < 1.29 is 0 Å². The molecule has 2 rings (SSSR count). The monoisotopic (exact) mass is 287 g/mol. The van der Waals surface area contributed by atoms with Crippen LogP contribution in [0.2, 0.25) is 0 Å². The van der Waals surface area contributed by atoms with Crippen LogP contribution in [-0.4, -0.2) is 6.04 Å². The molecule has 1 aliphatic rings. The fourth-order valence-corrected chi connectivity index (χ4v) is 3.88. The first-order valence-electron chi connectivity index (χ1n) is 8.60. The van der Waals surface area contributed by atoms with E-state index in [2.05, 4.69) is 65.1 Å². The number of nitrogens with one attached hydrogen (secondary N) is 1. The first kappa shape index (κ1) is 16.5. The summed E-state index contributed by atoms with van der Waals surface area (Å²) in [5.74, 6) is 0.895. The summed E-state index contributed by atoms with van der Waals surface area (Å²) >= 11 is 0. The van der Waals surface area contributed by atoms with E-state index in [1.807, 2.05) is 0 Å².